The molecule has 8 aromatic carbocycles. The van der Waals surface area contributed by atoms with Gasteiger partial charge >= 0.3 is 0 Å². The third-order valence-corrected chi connectivity index (χ3v) is 8.50. The van der Waals surface area contributed by atoms with E-state index in [1.165, 1.54) is 0 Å². The van der Waals surface area contributed by atoms with Crippen molar-refractivity contribution in [2.75, 3.05) is 0 Å². The Hall–Kier alpha value is -5.92. The summed E-state index contributed by atoms with van der Waals surface area (Å²) in [6.45, 7) is 0. The van der Waals surface area contributed by atoms with Crippen molar-refractivity contribution >= 4 is 43.5 Å². The fourth-order valence-corrected chi connectivity index (χ4v) is 6.51. The minimum atomic E-state index is -0.587. The topological polar surface area (TPSA) is 13.1 Å². The fraction of sp³-hybridized carbons (Fsp3) is 0. The molecule has 0 amide bonds. The Labute approximate surface area is 274 Å². The number of para-hydroxylation sites is 1. The van der Waals surface area contributed by atoms with E-state index in [1.54, 1.807) is 0 Å². The molecule has 1 nitrogen and oxygen atoms in total. The van der Waals surface area contributed by atoms with Crippen LogP contribution in [0.3, 0.4) is 0 Å². The second kappa shape index (κ2) is 10.4. The molecule has 0 aliphatic rings. The van der Waals surface area contributed by atoms with Gasteiger partial charge in [-0.3, -0.25) is 0 Å². The molecule has 0 saturated carbocycles. The van der Waals surface area contributed by atoms with Crippen molar-refractivity contribution in [2.45, 2.75) is 0 Å². The van der Waals surface area contributed by atoms with Crippen molar-refractivity contribution in [3.8, 4) is 44.5 Å². The minimum absolute atomic E-state index is 0.0657. The summed E-state index contributed by atoms with van der Waals surface area (Å²) >= 11 is 0. The summed E-state index contributed by atoms with van der Waals surface area (Å²) in [4.78, 5) is 0. The van der Waals surface area contributed by atoms with Crippen molar-refractivity contribution in [1.29, 1.82) is 0 Å². The van der Waals surface area contributed by atoms with Gasteiger partial charge in [0.1, 0.15) is 11.2 Å². The highest BCUT2D eigenvalue weighted by molar-refractivity contribution is 6.22. The molecule has 0 spiro atoms. The predicted octanol–water partition coefficient (Wildman–Crippen LogP) is 12.6. The maximum absolute atomic E-state index is 9.26. The van der Waals surface area contributed by atoms with Crippen LogP contribution in [0.2, 0.25) is 0 Å². The van der Waals surface area contributed by atoms with Crippen LogP contribution in [0.1, 0.15) is 12.3 Å². The lowest BCUT2D eigenvalue weighted by Gasteiger charge is -2.19. The second-order valence-corrected chi connectivity index (χ2v) is 11.0. The molecule has 9 aromatic rings. The Morgan fingerprint density at radius 3 is 1.56 bits per heavy atom. The van der Waals surface area contributed by atoms with E-state index in [-0.39, 0.29) is 22.7 Å². The molecule has 0 aliphatic heterocycles. The average molecular weight is 582 g/mol. The van der Waals surface area contributed by atoms with Gasteiger partial charge in [0.15, 0.2) is 0 Å². The van der Waals surface area contributed by atoms with Gasteiger partial charge in [0, 0.05) is 10.8 Å². The van der Waals surface area contributed by atoms with Crippen LogP contribution in [0.25, 0.3) is 88.0 Å². The van der Waals surface area contributed by atoms with Crippen molar-refractivity contribution in [1.82, 2.24) is 0 Å². The van der Waals surface area contributed by atoms with Crippen LogP contribution in [0.4, 0.5) is 0 Å². The number of benzene rings is 8. The number of hydrogen-bond acceptors (Lipinski definition) is 1. The SMILES string of the molecule is [2H]c1c([2H])c([2H])c(-c2c([2H])c([2H])c([2H])c([2H])c2-c2c3ccccc3c(-c3ccc(-c4ccc5oc6ccccc6c5c4)cc3)c3ccccc23)c([2H])c1[2H]. The zero-order valence-corrected chi connectivity index (χ0v) is 23.9. The number of fused-ring (bicyclic) bond motifs is 5. The van der Waals surface area contributed by atoms with E-state index >= 15 is 0 Å². The highest BCUT2D eigenvalue weighted by Crippen LogP contribution is 2.46. The van der Waals surface area contributed by atoms with Crippen molar-refractivity contribution < 1.29 is 16.8 Å². The highest BCUT2D eigenvalue weighted by Gasteiger charge is 2.18. The second-order valence-electron chi connectivity index (χ2n) is 11.0. The molecule has 0 bridgehead atoms. The predicted molar refractivity (Wildman–Crippen MR) is 190 cm³/mol. The summed E-state index contributed by atoms with van der Waals surface area (Å²) in [5.74, 6) is 0. The van der Waals surface area contributed by atoms with Crippen molar-refractivity contribution in [3.63, 3.8) is 0 Å². The molecule has 1 aromatic heterocycles. The number of furan rings is 1. The van der Waals surface area contributed by atoms with Crippen molar-refractivity contribution in [3.05, 3.63) is 170 Å². The normalized spacial score (nSPS) is 14.4. The first-order valence-corrected chi connectivity index (χ1v) is 14.7. The van der Waals surface area contributed by atoms with Crippen LogP contribution >= 0.6 is 0 Å². The largest absolute Gasteiger partial charge is 0.456 e. The summed E-state index contributed by atoms with van der Waals surface area (Å²) < 4.78 is 84.3. The molecule has 210 valence electrons. The Balaban J connectivity index is 1.30. The van der Waals surface area contributed by atoms with Crippen molar-refractivity contribution in [2.24, 2.45) is 0 Å². The van der Waals surface area contributed by atoms with Gasteiger partial charge in [-0.15, -0.1) is 0 Å². The molecule has 0 atom stereocenters. The first-order valence-electron chi connectivity index (χ1n) is 19.2. The fourth-order valence-electron chi connectivity index (χ4n) is 6.51. The minimum Gasteiger partial charge on any atom is -0.456 e. The van der Waals surface area contributed by atoms with E-state index in [0.717, 1.165) is 55.0 Å². The van der Waals surface area contributed by atoms with E-state index in [9.17, 15) is 1.37 Å². The molecule has 0 aliphatic carbocycles. The molecule has 45 heavy (non-hydrogen) atoms. The van der Waals surface area contributed by atoms with Crippen LogP contribution < -0.4 is 0 Å². The lowest BCUT2D eigenvalue weighted by molar-refractivity contribution is 0.669. The van der Waals surface area contributed by atoms with Gasteiger partial charge in [-0.2, -0.15) is 0 Å². The maximum Gasteiger partial charge on any atom is 0.135 e. The van der Waals surface area contributed by atoms with Crippen LogP contribution in [-0.2, 0) is 0 Å². The molecule has 0 N–H and O–H groups in total. The van der Waals surface area contributed by atoms with Gasteiger partial charge in [0.2, 0.25) is 0 Å². The van der Waals surface area contributed by atoms with Crippen LogP contribution in [0.15, 0.2) is 174 Å². The number of hydrogen-bond donors (Lipinski definition) is 0. The van der Waals surface area contributed by atoms with Gasteiger partial charge in [-0.05, 0) is 84.3 Å². The lowest BCUT2D eigenvalue weighted by atomic mass is 9.83. The van der Waals surface area contributed by atoms with E-state index in [1.807, 2.05) is 78.9 Å². The van der Waals surface area contributed by atoms with Gasteiger partial charge in [0.25, 0.3) is 0 Å². The van der Waals surface area contributed by atoms with E-state index in [2.05, 4.69) is 36.4 Å². The van der Waals surface area contributed by atoms with E-state index < -0.39 is 48.3 Å². The Bertz CT molecular complexity index is 2950. The molecule has 9 rings (SSSR count). The molecule has 0 radical (unpaired) electrons. The Kier molecular flexibility index (Phi) is 4.15. The lowest BCUT2D eigenvalue weighted by Crippen LogP contribution is -1.92. The smallest absolute Gasteiger partial charge is 0.135 e. The van der Waals surface area contributed by atoms with E-state index in [0.29, 0.717) is 16.3 Å². The first kappa shape index (κ1) is 18.0. The third-order valence-electron chi connectivity index (χ3n) is 8.50. The zero-order chi connectivity index (χ0) is 37.6. The summed E-state index contributed by atoms with van der Waals surface area (Å²) in [7, 11) is 0. The van der Waals surface area contributed by atoms with Gasteiger partial charge in [-0.25, -0.2) is 0 Å². The van der Waals surface area contributed by atoms with Gasteiger partial charge in [-0.1, -0.05) is 151 Å². The summed E-state index contributed by atoms with van der Waals surface area (Å²) in [6.07, 6.45) is 0. The van der Waals surface area contributed by atoms with E-state index in [4.69, 9.17) is 15.4 Å². The zero-order valence-electron chi connectivity index (χ0n) is 32.9. The van der Waals surface area contributed by atoms with Gasteiger partial charge < -0.3 is 4.42 Å². The monoisotopic (exact) mass is 581 g/mol. The van der Waals surface area contributed by atoms with Gasteiger partial charge in [0.05, 0.1) is 12.3 Å². The molecule has 0 fully saturated rings. The highest BCUT2D eigenvalue weighted by atomic mass is 16.3. The maximum atomic E-state index is 9.26. The molecule has 0 saturated heterocycles. The molecular weight excluding hydrogens is 544 g/mol. The van der Waals surface area contributed by atoms with Crippen LogP contribution in [0.5, 0.6) is 0 Å². The van der Waals surface area contributed by atoms with Crippen LogP contribution in [0, 0.1) is 0 Å². The number of rotatable bonds is 4. The third kappa shape index (κ3) is 4.17. The quantitative estimate of drug-likeness (QED) is 0.188. The average Bonchev–Trinajstić information content (AvgIpc) is 3.58. The molecule has 1 heteroatoms. The molecular formula is C44H28O. The Morgan fingerprint density at radius 2 is 0.867 bits per heavy atom. The molecule has 1 heterocycles. The Morgan fingerprint density at radius 1 is 0.356 bits per heavy atom. The van der Waals surface area contributed by atoms with Crippen LogP contribution in [-0.4, -0.2) is 0 Å². The molecule has 0 unspecified atom stereocenters. The summed E-state index contributed by atoms with van der Waals surface area (Å²) in [5.41, 5.74) is 5.73. The first-order chi connectivity index (χ1) is 26.1. The summed E-state index contributed by atoms with van der Waals surface area (Å²) in [6, 6.07) is 33.0. The summed E-state index contributed by atoms with van der Waals surface area (Å²) in [5, 5.41) is 5.12. The standard InChI is InChI=1S/C44H28O/c1-2-12-30(13-3-1)33-14-4-5-16-35(33)44-38-19-8-6-17-36(38)43(37-18-7-9-20-39(37)44)31-24-22-29(23-25-31)32-26-27-42-40(28-32)34-15-10-11-21-41(34)45-42/h1-28H/i1D,2D,3D,4D,5D,12D,13D,14D,16D.